The molecule has 0 bridgehead atoms. The minimum Gasteiger partial charge on any atom is -0.278 e. The molecule has 0 radical (unpaired) electrons. The quantitative estimate of drug-likeness (QED) is 0.162. The Hall–Kier alpha value is -8.41. The number of hydrogen-bond acceptors (Lipinski definition) is 3. The molecule has 0 saturated carbocycles. The van der Waals surface area contributed by atoms with Crippen LogP contribution in [0.25, 0.3) is 111 Å². The van der Waals surface area contributed by atoms with E-state index in [-0.39, 0.29) is 0 Å². The van der Waals surface area contributed by atoms with Crippen LogP contribution in [-0.2, 0) is 0 Å². The van der Waals surface area contributed by atoms with Gasteiger partial charge in [0, 0.05) is 27.1 Å². The second-order valence-electron chi connectivity index (χ2n) is 15.6. The first-order valence-corrected chi connectivity index (χ1v) is 20.9. The lowest BCUT2D eigenvalue weighted by Crippen LogP contribution is -2.10. The van der Waals surface area contributed by atoms with Gasteiger partial charge in [0.15, 0.2) is 5.82 Å². The van der Waals surface area contributed by atoms with Crippen LogP contribution in [0.4, 0.5) is 0 Å². The van der Waals surface area contributed by atoms with Crippen LogP contribution in [0.15, 0.2) is 224 Å². The highest BCUT2D eigenvalue weighted by Gasteiger charge is 2.22. The van der Waals surface area contributed by atoms with Gasteiger partial charge in [0.1, 0.15) is 0 Å². The number of rotatable bonds is 7. The maximum atomic E-state index is 5.45. The molecule has 0 saturated heterocycles. The Labute approximate surface area is 358 Å². The van der Waals surface area contributed by atoms with Gasteiger partial charge in [0.25, 0.3) is 0 Å². The molecule has 0 atom stereocenters. The summed E-state index contributed by atoms with van der Waals surface area (Å²) >= 11 is 0. The molecule has 0 spiro atoms. The number of hydrogen-bond donors (Lipinski definition) is 0. The van der Waals surface area contributed by atoms with Crippen molar-refractivity contribution in [3.8, 4) is 67.8 Å². The van der Waals surface area contributed by atoms with Crippen LogP contribution < -0.4 is 0 Å². The fraction of sp³-hybridized carbons (Fsp3) is 0. The number of aromatic nitrogens is 5. The Morgan fingerprint density at radius 1 is 0.242 bits per heavy atom. The Morgan fingerprint density at radius 3 is 1.23 bits per heavy atom. The summed E-state index contributed by atoms with van der Waals surface area (Å²) in [6.07, 6.45) is 0. The predicted molar refractivity (Wildman–Crippen MR) is 256 cm³/mol. The highest BCUT2D eigenvalue weighted by Crippen LogP contribution is 2.38. The lowest BCUT2D eigenvalue weighted by Gasteiger charge is -2.15. The Balaban J connectivity index is 1.08. The summed E-state index contributed by atoms with van der Waals surface area (Å²) in [7, 11) is 0. The van der Waals surface area contributed by atoms with E-state index < -0.39 is 0 Å². The number of benzene rings is 9. The first-order valence-electron chi connectivity index (χ1n) is 20.9. The molecular weight excluding hydrogens is 755 g/mol. The van der Waals surface area contributed by atoms with E-state index in [1.54, 1.807) is 0 Å². The third-order valence-corrected chi connectivity index (χ3v) is 12.0. The summed E-state index contributed by atoms with van der Waals surface area (Å²) in [4.78, 5) is 16.3. The molecule has 0 unspecified atom stereocenters. The van der Waals surface area contributed by atoms with E-state index in [0.717, 1.165) is 82.6 Å². The third kappa shape index (κ3) is 5.98. The van der Waals surface area contributed by atoms with E-state index in [0.29, 0.717) is 17.7 Å². The summed E-state index contributed by atoms with van der Waals surface area (Å²) in [6.45, 7) is 0. The largest absolute Gasteiger partial charge is 0.278 e. The molecule has 290 valence electrons. The zero-order valence-corrected chi connectivity index (χ0v) is 33.6. The van der Waals surface area contributed by atoms with E-state index >= 15 is 0 Å². The van der Waals surface area contributed by atoms with Crippen molar-refractivity contribution in [1.82, 2.24) is 24.1 Å². The van der Waals surface area contributed by atoms with Crippen LogP contribution in [0.5, 0.6) is 0 Å². The monoisotopic (exact) mass is 791 g/mol. The van der Waals surface area contributed by atoms with E-state index in [2.05, 4.69) is 234 Å². The fourth-order valence-electron chi connectivity index (χ4n) is 9.09. The molecule has 0 aliphatic carbocycles. The lowest BCUT2D eigenvalue weighted by atomic mass is 9.95. The average Bonchev–Trinajstić information content (AvgIpc) is 3.87. The molecule has 0 N–H and O–H groups in total. The summed E-state index contributed by atoms with van der Waals surface area (Å²) in [5.41, 5.74) is 14.1. The van der Waals surface area contributed by atoms with Crippen molar-refractivity contribution >= 4 is 43.6 Å². The Bertz CT molecular complexity index is 3570. The van der Waals surface area contributed by atoms with Crippen molar-refractivity contribution in [1.29, 1.82) is 0 Å². The van der Waals surface area contributed by atoms with Gasteiger partial charge in [-0.1, -0.05) is 194 Å². The van der Waals surface area contributed by atoms with Gasteiger partial charge in [-0.15, -0.1) is 0 Å². The van der Waals surface area contributed by atoms with Crippen LogP contribution >= 0.6 is 0 Å². The topological polar surface area (TPSA) is 48.5 Å². The summed E-state index contributed by atoms with van der Waals surface area (Å²) in [6, 6.07) is 79.3. The predicted octanol–water partition coefficient (Wildman–Crippen LogP) is 14.4. The molecule has 12 rings (SSSR count). The number of nitrogens with zero attached hydrogens (tertiary/aromatic N) is 5. The van der Waals surface area contributed by atoms with Gasteiger partial charge >= 0.3 is 0 Å². The molecule has 9 aromatic carbocycles. The van der Waals surface area contributed by atoms with Gasteiger partial charge in [-0.3, -0.25) is 9.13 Å². The van der Waals surface area contributed by atoms with Crippen molar-refractivity contribution in [3.63, 3.8) is 0 Å². The zero-order chi connectivity index (χ0) is 41.0. The maximum Gasteiger partial charge on any atom is 0.240 e. The Morgan fingerprint density at radius 2 is 0.629 bits per heavy atom. The van der Waals surface area contributed by atoms with Crippen molar-refractivity contribution in [3.05, 3.63) is 224 Å². The van der Waals surface area contributed by atoms with Gasteiger partial charge in [-0.25, -0.2) is 0 Å². The molecule has 5 heteroatoms. The van der Waals surface area contributed by atoms with Crippen LogP contribution in [0.3, 0.4) is 0 Å². The number of fused-ring (bicyclic) bond motifs is 6. The smallest absolute Gasteiger partial charge is 0.240 e. The van der Waals surface area contributed by atoms with Gasteiger partial charge in [0.2, 0.25) is 11.9 Å². The minimum absolute atomic E-state index is 0.547. The second-order valence-corrected chi connectivity index (χ2v) is 15.6. The molecule has 5 nitrogen and oxygen atoms in total. The first kappa shape index (κ1) is 35.5. The molecule has 12 aromatic rings. The molecule has 0 fully saturated rings. The van der Waals surface area contributed by atoms with E-state index in [4.69, 9.17) is 15.0 Å². The fourth-order valence-corrected chi connectivity index (χ4v) is 9.09. The lowest BCUT2D eigenvalue weighted by molar-refractivity contribution is 0.893. The maximum absolute atomic E-state index is 5.45. The molecule has 3 heterocycles. The summed E-state index contributed by atoms with van der Waals surface area (Å²) in [5.74, 6) is 1.69. The molecule has 3 aromatic heterocycles. The number of para-hydroxylation sites is 3. The molecule has 0 aliphatic rings. The average molecular weight is 792 g/mol. The van der Waals surface area contributed by atoms with Crippen molar-refractivity contribution < 1.29 is 0 Å². The first-order chi connectivity index (χ1) is 30.7. The highest BCUT2D eigenvalue weighted by molar-refractivity contribution is 6.11. The highest BCUT2D eigenvalue weighted by atomic mass is 15.3. The van der Waals surface area contributed by atoms with Crippen molar-refractivity contribution in [2.45, 2.75) is 0 Å². The Kier molecular flexibility index (Phi) is 8.42. The summed E-state index contributed by atoms with van der Waals surface area (Å²) in [5, 5.41) is 4.56. The van der Waals surface area contributed by atoms with Crippen LogP contribution in [0.1, 0.15) is 0 Å². The van der Waals surface area contributed by atoms with Crippen LogP contribution in [-0.4, -0.2) is 24.1 Å². The van der Waals surface area contributed by atoms with Crippen LogP contribution in [0.2, 0.25) is 0 Å². The van der Waals surface area contributed by atoms with E-state index in [1.807, 2.05) is 0 Å². The van der Waals surface area contributed by atoms with Gasteiger partial charge < -0.3 is 0 Å². The zero-order valence-electron chi connectivity index (χ0n) is 33.6. The van der Waals surface area contributed by atoms with Gasteiger partial charge in [-0.2, -0.15) is 15.0 Å². The van der Waals surface area contributed by atoms with Crippen molar-refractivity contribution in [2.75, 3.05) is 0 Å². The SMILES string of the molecule is c1ccc(-c2ccc(-c3cccc(-c4ccccc4-c4nc(-n5c6ccccc6c6ccccc65)nc(-n5c6ccccc6c6ccc(-c7ccccc7)cc65)n4)c3)cc2)cc1. The minimum atomic E-state index is 0.547. The summed E-state index contributed by atoms with van der Waals surface area (Å²) < 4.78 is 4.40. The third-order valence-electron chi connectivity index (χ3n) is 12.0. The standard InChI is InChI=1S/C57H37N5/c1-3-16-38(17-4-1)40-30-32-41(33-31-40)42-20-15-21-44(36-42)45-22-7-8-26-50(45)55-58-56(61-51-27-12-9-23-46(51)47-24-10-13-28-52(47)61)60-57(59-55)62-53-29-14-11-25-48(53)49-35-34-43(37-54(49)62)39-18-5-2-6-19-39/h1-37H. The van der Waals surface area contributed by atoms with Crippen LogP contribution in [0, 0.1) is 0 Å². The van der Waals surface area contributed by atoms with E-state index in [1.165, 1.54) is 11.1 Å². The molecule has 62 heavy (non-hydrogen) atoms. The van der Waals surface area contributed by atoms with E-state index in [9.17, 15) is 0 Å². The van der Waals surface area contributed by atoms with Crippen molar-refractivity contribution in [2.24, 2.45) is 0 Å². The molecular formula is C57H37N5. The van der Waals surface area contributed by atoms with Gasteiger partial charge in [0.05, 0.1) is 22.1 Å². The van der Waals surface area contributed by atoms with Gasteiger partial charge in [-0.05, 0) is 74.8 Å². The molecule has 0 aliphatic heterocycles. The second kappa shape index (κ2) is 14.7. The molecule has 0 amide bonds. The normalized spacial score (nSPS) is 11.5.